The number of nitrogens with zero attached hydrogens (tertiary/aromatic N) is 1. The third-order valence-electron chi connectivity index (χ3n) is 1.04. The Kier molecular flexibility index (Phi) is 4.34. The van der Waals surface area contributed by atoms with E-state index in [2.05, 4.69) is 5.92 Å². The molecule has 0 aromatic carbocycles. The zero-order chi connectivity index (χ0) is 7.98. The molecule has 3 heteroatoms. The molecule has 3 nitrogen and oxygen atoms in total. The van der Waals surface area contributed by atoms with Crippen LogP contribution >= 0.6 is 0 Å². The molecule has 0 bridgehead atoms. The SMILES string of the molecule is C#CCCN(C)CC(=O)O. The molecule has 0 heterocycles. The van der Waals surface area contributed by atoms with Crippen molar-refractivity contribution in [3.05, 3.63) is 0 Å². The maximum atomic E-state index is 10.1. The molecule has 1 N–H and O–H groups in total. The summed E-state index contributed by atoms with van der Waals surface area (Å²) in [4.78, 5) is 11.7. The number of likely N-dealkylation sites (N-methyl/N-ethyl adjacent to an activating group) is 1. The van der Waals surface area contributed by atoms with E-state index >= 15 is 0 Å². The first kappa shape index (κ1) is 8.99. The van der Waals surface area contributed by atoms with Gasteiger partial charge in [-0.25, -0.2) is 0 Å². The number of terminal acetylenes is 1. The van der Waals surface area contributed by atoms with Gasteiger partial charge in [-0.2, -0.15) is 0 Å². The smallest absolute Gasteiger partial charge is 0.317 e. The van der Waals surface area contributed by atoms with Gasteiger partial charge in [0.05, 0.1) is 6.54 Å². The average molecular weight is 141 g/mol. The van der Waals surface area contributed by atoms with E-state index in [1.807, 2.05) is 0 Å². The number of rotatable bonds is 4. The minimum Gasteiger partial charge on any atom is -0.480 e. The van der Waals surface area contributed by atoms with Crippen LogP contribution in [-0.2, 0) is 4.79 Å². The molecule has 0 aliphatic carbocycles. The molecule has 0 unspecified atom stereocenters. The second-order valence-electron chi connectivity index (χ2n) is 2.09. The van der Waals surface area contributed by atoms with Crippen LogP contribution in [0, 0.1) is 12.3 Å². The highest BCUT2D eigenvalue weighted by Gasteiger charge is 2.01. The van der Waals surface area contributed by atoms with Gasteiger partial charge in [-0.15, -0.1) is 12.3 Å². The van der Waals surface area contributed by atoms with E-state index in [1.54, 1.807) is 11.9 Å². The zero-order valence-electron chi connectivity index (χ0n) is 6.00. The van der Waals surface area contributed by atoms with E-state index in [1.165, 1.54) is 0 Å². The third kappa shape index (κ3) is 5.13. The second kappa shape index (κ2) is 4.83. The number of aliphatic carboxylic acids is 1. The lowest BCUT2D eigenvalue weighted by atomic mass is 10.4. The predicted molar refractivity (Wildman–Crippen MR) is 38.6 cm³/mol. The summed E-state index contributed by atoms with van der Waals surface area (Å²) in [6.45, 7) is 0.699. The van der Waals surface area contributed by atoms with E-state index in [0.717, 1.165) is 0 Å². The second-order valence-corrected chi connectivity index (χ2v) is 2.09. The largest absolute Gasteiger partial charge is 0.480 e. The molecule has 0 radical (unpaired) electrons. The van der Waals surface area contributed by atoms with E-state index in [-0.39, 0.29) is 6.54 Å². The molecule has 0 rings (SSSR count). The summed E-state index contributed by atoms with van der Waals surface area (Å²) >= 11 is 0. The van der Waals surface area contributed by atoms with Gasteiger partial charge in [0.2, 0.25) is 0 Å². The van der Waals surface area contributed by atoms with Crippen molar-refractivity contribution in [3.8, 4) is 12.3 Å². The summed E-state index contributed by atoms with van der Waals surface area (Å²) in [7, 11) is 1.73. The Balaban J connectivity index is 3.36. The van der Waals surface area contributed by atoms with Crippen molar-refractivity contribution >= 4 is 5.97 Å². The standard InChI is InChI=1S/C7H11NO2/c1-3-4-5-8(2)6-7(9)10/h1H,4-6H2,2H3,(H,9,10). The van der Waals surface area contributed by atoms with Gasteiger partial charge >= 0.3 is 5.97 Å². The Morgan fingerprint density at radius 1 is 1.80 bits per heavy atom. The zero-order valence-corrected chi connectivity index (χ0v) is 6.00. The molecule has 56 valence electrons. The van der Waals surface area contributed by atoms with E-state index in [0.29, 0.717) is 13.0 Å². The van der Waals surface area contributed by atoms with Crippen molar-refractivity contribution in [2.75, 3.05) is 20.1 Å². The Morgan fingerprint density at radius 3 is 2.80 bits per heavy atom. The maximum absolute atomic E-state index is 10.1. The number of hydrogen-bond acceptors (Lipinski definition) is 2. The first-order valence-electron chi connectivity index (χ1n) is 3.00. The van der Waals surface area contributed by atoms with Crippen molar-refractivity contribution in [1.82, 2.24) is 4.90 Å². The number of carboxylic acids is 1. The van der Waals surface area contributed by atoms with Gasteiger partial charge in [0, 0.05) is 13.0 Å². The summed E-state index contributed by atoms with van der Waals surface area (Å²) in [5.74, 6) is 1.62. The van der Waals surface area contributed by atoms with Crippen LogP contribution in [0.5, 0.6) is 0 Å². The van der Waals surface area contributed by atoms with E-state index in [9.17, 15) is 4.79 Å². The molecule has 0 aromatic rings. The van der Waals surface area contributed by atoms with Crippen molar-refractivity contribution in [3.63, 3.8) is 0 Å². The van der Waals surface area contributed by atoms with E-state index < -0.39 is 5.97 Å². The Bertz CT molecular complexity index is 148. The highest BCUT2D eigenvalue weighted by Crippen LogP contribution is 1.84. The highest BCUT2D eigenvalue weighted by atomic mass is 16.4. The first-order chi connectivity index (χ1) is 4.66. The van der Waals surface area contributed by atoms with Crippen LogP contribution in [0.1, 0.15) is 6.42 Å². The normalized spacial score (nSPS) is 9.30. The molecule has 0 spiro atoms. The van der Waals surface area contributed by atoms with Gasteiger partial charge in [-0.1, -0.05) is 0 Å². The van der Waals surface area contributed by atoms with Gasteiger partial charge in [0.1, 0.15) is 0 Å². The van der Waals surface area contributed by atoms with Crippen LogP contribution in [-0.4, -0.2) is 36.1 Å². The lowest BCUT2D eigenvalue weighted by Crippen LogP contribution is -2.26. The maximum Gasteiger partial charge on any atom is 0.317 e. The molecule has 0 amide bonds. The van der Waals surface area contributed by atoms with E-state index in [4.69, 9.17) is 11.5 Å². The summed E-state index contributed by atoms with van der Waals surface area (Å²) < 4.78 is 0. The number of carboxylic acid groups (broad SMARTS) is 1. The summed E-state index contributed by atoms with van der Waals surface area (Å²) in [5, 5.41) is 8.29. The molecule has 0 saturated heterocycles. The highest BCUT2D eigenvalue weighted by molar-refractivity contribution is 5.68. The molecular formula is C7H11NO2. The van der Waals surface area contributed by atoms with Crippen molar-refractivity contribution in [2.45, 2.75) is 6.42 Å². The summed E-state index contributed by atoms with van der Waals surface area (Å²) in [5.41, 5.74) is 0. The Labute approximate surface area is 60.6 Å². The van der Waals surface area contributed by atoms with Gasteiger partial charge in [0.15, 0.2) is 0 Å². The van der Waals surface area contributed by atoms with Gasteiger partial charge < -0.3 is 5.11 Å². The summed E-state index contributed by atoms with van der Waals surface area (Å²) in [6.07, 6.45) is 5.58. The predicted octanol–water partition coefficient (Wildman–Crippen LogP) is 0.0261. The number of hydrogen-bond donors (Lipinski definition) is 1. The molecule has 0 aromatic heterocycles. The lowest BCUT2D eigenvalue weighted by molar-refractivity contribution is -0.137. The minimum absolute atomic E-state index is 0.0572. The van der Waals surface area contributed by atoms with Crippen molar-refractivity contribution in [2.24, 2.45) is 0 Å². The van der Waals surface area contributed by atoms with Gasteiger partial charge in [-0.05, 0) is 7.05 Å². The molecule has 10 heavy (non-hydrogen) atoms. The van der Waals surface area contributed by atoms with Crippen LogP contribution in [0.3, 0.4) is 0 Å². The van der Waals surface area contributed by atoms with Crippen LogP contribution < -0.4 is 0 Å². The quantitative estimate of drug-likeness (QED) is 0.561. The monoisotopic (exact) mass is 141 g/mol. The molecular weight excluding hydrogens is 130 g/mol. The van der Waals surface area contributed by atoms with Crippen LogP contribution in [0.4, 0.5) is 0 Å². The minimum atomic E-state index is -0.820. The number of carbonyl (C=O) groups is 1. The molecule has 0 saturated carbocycles. The van der Waals surface area contributed by atoms with Crippen molar-refractivity contribution < 1.29 is 9.90 Å². The third-order valence-corrected chi connectivity index (χ3v) is 1.04. The first-order valence-corrected chi connectivity index (χ1v) is 3.00. The van der Waals surface area contributed by atoms with Crippen molar-refractivity contribution in [1.29, 1.82) is 0 Å². The van der Waals surface area contributed by atoms with Crippen LogP contribution in [0.15, 0.2) is 0 Å². The van der Waals surface area contributed by atoms with Gasteiger partial charge in [0.25, 0.3) is 0 Å². The Hall–Kier alpha value is -1.01. The molecule has 0 atom stereocenters. The van der Waals surface area contributed by atoms with Crippen LogP contribution in [0.25, 0.3) is 0 Å². The topological polar surface area (TPSA) is 40.5 Å². The fourth-order valence-corrected chi connectivity index (χ4v) is 0.565. The molecule has 0 fully saturated rings. The Morgan fingerprint density at radius 2 is 2.40 bits per heavy atom. The fourth-order valence-electron chi connectivity index (χ4n) is 0.565. The molecule has 0 aliphatic rings. The summed E-state index contributed by atoms with van der Waals surface area (Å²) in [6, 6.07) is 0. The average Bonchev–Trinajstić information content (AvgIpc) is 1.82. The van der Waals surface area contributed by atoms with Crippen LogP contribution in [0.2, 0.25) is 0 Å². The lowest BCUT2D eigenvalue weighted by Gasteiger charge is -2.10. The fraction of sp³-hybridized carbons (Fsp3) is 0.571. The molecule has 0 aliphatic heterocycles. The van der Waals surface area contributed by atoms with Gasteiger partial charge in [-0.3, -0.25) is 9.69 Å².